The number of benzene rings is 1. The maximum absolute atomic E-state index is 13.2. The molecular weight excluding hydrogens is 361 g/mol. The predicted molar refractivity (Wildman–Crippen MR) is 93.8 cm³/mol. The molecule has 3 rings (SSSR count). The Morgan fingerprint density at radius 3 is 2.54 bits per heavy atom. The van der Waals surface area contributed by atoms with Crippen LogP contribution in [-0.4, -0.2) is 37.4 Å². The lowest BCUT2D eigenvalue weighted by atomic mass is 9.99. The zero-order valence-electron chi connectivity index (χ0n) is 13.2. The van der Waals surface area contributed by atoms with Crippen molar-refractivity contribution in [2.24, 2.45) is 0 Å². The zero-order valence-corrected chi connectivity index (χ0v) is 14.8. The summed E-state index contributed by atoms with van der Waals surface area (Å²) >= 11 is 0. The molecule has 1 atom stereocenters. The highest BCUT2D eigenvalue weighted by Gasteiger charge is 2.43. The van der Waals surface area contributed by atoms with Crippen molar-refractivity contribution in [3.63, 3.8) is 0 Å². The third-order valence-electron chi connectivity index (χ3n) is 4.05. The van der Waals surface area contributed by atoms with Crippen molar-refractivity contribution in [2.45, 2.75) is 25.2 Å². The summed E-state index contributed by atoms with van der Waals surface area (Å²) in [4.78, 5) is 2.37. The third kappa shape index (κ3) is 4.72. The van der Waals surface area contributed by atoms with Gasteiger partial charge < -0.3 is 14.8 Å². The second-order valence-electron chi connectivity index (χ2n) is 5.54. The van der Waals surface area contributed by atoms with Crippen LogP contribution in [0.25, 0.3) is 0 Å². The maximum Gasteiger partial charge on any atom is 0.586 e. The molecule has 24 heavy (non-hydrogen) atoms. The van der Waals surface area contributed by atoms with Gasteiger partial charge in [0.2, 0.25) is 0 Å². The van der Waals surface area contributed by atoms with Crippen molar-refractivity contribution in [1.82, 2.24) is 10.2 Å². The Kier molecular flexibility index (Phi) is 7.73. The van der Waals surface area contributed by atoms with Crippen molar-refractivity contribution in [2.75, 3.05) is 26.2 Å². The highest BCUT2D eigenvalue weighted by molar-refractivity contribution is 5.85. The molecule has 0 spiro atoms. The SMILES string of the molecule is C=CCC[C@H](c1ccc2c(c1)OC(F)(F)O2)N1CCNCC1.Cl.Cl. The first-order valence-electron chi connectivity index (χ1n) is 7.54. The molecule has 2 aliphatic heterocycles. The second-order valence-corrected chi connectivity index (χ2v) is 5.54. The van der Waals surface area contributed by atoms with Crippen LogP contribution in [0, 0.1) is 0 Å². The van der Waals surface area contributed by atoms with E-state index in [2.05, 4.69) is 26.3 Å². The van der Waals surface area contributed by atoms with Gasteiger partial charge in [0.15, 0.2) is 11.5 Å². The molecule has 8 heteroatoms. The van der Waals surface area contributed by atoms with Crippen LogP contribution in [0.1, 0.15) is 24.4 Å². The monoisotopic (exact) mass is 382 g/mol. The number of hydrogen-bond donors (Lipinski definition) is 1. The summed E-state index contributed by atoms with van der Waals surface area (Å²) < 4.78 is 35.3. The molecule has 1 aromatic carbocycles. The molecule has 0 amide bonds. The fourth-order valence-electron chi connectivity index (χ4n) is 3.00. The van der Waals surface area contributed by atoms with Crippen molar-refractivity contribution >= 4 is 24.8 Å². The van der Waals surface area contributed by atoms with Gasteiger partial charge in [0.1, 0.15) is 0 Å². The standard InChI is InChI=1S/C16H20F2N2O2.2ClH/c1-2-3-4-13(20-9-7-19-8-10-20)12-5-6-14-15(11-12)22-16(17,18)21-14;;/h2,5-6,11,13,19H,1,3-4,7-10H2;2*1H/t13-;;/m1../s1. The average molecular weight is 383 g/mol. The summed E-state index contributed by atoms with van der Waals surface area (Å²) in [6, 6.07) is 5.25. The zero-order chi connectivity index (χ0) is 15.6. The van der Waals surface area contributed by atoms with Crippen LogP contribution in [0.2, 0.25) is 0 Å². The van der Waals surface area contributed by atoms with Crippen LogP contribution in [0.15, 0.2) is 30.9 Å². The molecule has 0 unspecified atom stereocenters. The molecule has 0 bridgehead atoms. The van der Waals surface area contributed by atoms with Crippen LogP contribution < -0.4 is 14.8 Å². The van der Waals surface area contributed by atoms with Crippen LogP contribution in [-0.2, 0) is 0 Å². The van der Waals surface area contributed by atoms with Gasteiger partial charge in [-0.1, -0.05) is 12.1 Å². The summed E-state index contributed by atoms with van der Waals surface area (Å²) in [5, 5.41) is 3.32. The van der Waals surface area contributed by atoms with Crippen LogP contribution >= 0.6 is 24.8 Å². The minimum Gasteiger partial charge on any atom is -0.395 e. The molecule has 1 aromatic rings. The fourth-order valence-corrected chi connectivity index (χ4v) is 3.00. The number of fused-ring (bicyclic) bond motifs is 1. The van der Waals surface area contributed by atoms with Gasteiger partial charge in [-0.2, -0.15) is 0 Å². The summed E-state index contributed by atoms with van der Waals surface area (Å²) in [6.07, 6.45) is 0.0989. The van der Waals surface area contributed by atoms with Gasteiger partial charge in [0.25, 0.3) is 0 Å². The average Bonchev–Trinajstić information content (AvgIpc) is 2.82. The lowest BCUT2D eigenvalue weighted by molar-refractivity contribution is -0.286. The van der Waals surface area contributed by atoms with Crippen molar-refractivity contribution in [1.29, 1.82) is 0 Å². The van der Waals surface area contributed by atoms with Crippen LogP contribution in [0.5, 0.6) is 11.5 Å². The van der Waals surface area contributed by atoms with Gasteiger partial charge >= 0.3 is 6.29 Å². The summed E-state index contributed by atoms with van der Waals surface area (Å²) in [5.41, 5.74) is 0.976. The van der Waals surface area contributed by atoms with E-state index in [-0.39, 0.29) is 42.4 Å². The van der Waals surface area contributed by atoms with E-state index in [1.165, 1.54) is 0 Å². The first-order chi connectivity index (χ1) is 10.6. The number of allylic oxidation sites excluding steroid dienone is 1. The number of ether oxygens (including phenoxy) is 2. The highest BCUT2D eigenvalue weighted by atomic mass is 35.5. The van der Waals surface area contributed by atoms with Crippen molar-refractivity contribution < 1.29 is 18.3 Å². The molecule has 0 aromatic heterocycles. The summed E-state index contributed by atoms with van der Waals surface area (Å²) in [6.45, 7) is 7.52. The molecule has 2 aliphatic rings. The van der Waals surface area contributed by atoms with Crippen LogP contribution in [0.3, 0.4) is 0 Å². The van der Waals surface area contributed by atoms with Gasteiger partial charge in [0.05, 0.1) is 0 Å². The number of hydrogen-bond acceptors (Lipinski definition) is 4. The largest absolute Gasteiger partial charge is 0.586 e. The van der Waals surface area contributed by atoms with E-state index in [1.807, 2.05) is 12.1 Å². The van der Waals surface area contributed by atoms with E-state index in [9.17, 15) is 8.78 Å². The number of nitrogens with one attached hydrogen (secondary N) is 1. The first kappa shape index (κ1) is 21.0. The highest BCUT2D eigenvalue weighted by Crippen LogP contribution is 2.43. The summed E-state index contributed by atoms with van der Waals surface area (Å²) in [7, 11) is 0. The molecule has 1 fully saturated rings. The lowest BCUT2D eigenvalue weighted by Gasteiger charge is -2.35. The van der Waals surface area contributed by atoms with E-state index in [0.717, 1.165) is 44.6 Å². The Labute approximate surface area is 153 Å². The van der Waals surface area contributed by atoms with Gasteiger partial charge in [-0.3, -0.25) is 4.90 Å². The molecule has 1 N–H and O–H groups in total. The van der Waals surface area contributed by atoms with E-state index in [0.29, 0.717) is 0 Å². The number of alkyl halides is 2. The van der Waals surface area contributed by atoms with E-state index in [1.54, 1.807) is 12.1 Å². The van der Waals surface area contributed by atoms with Gasteiger partial charge in [-0.15, -0.1) is 40.2 Å². The molecule has 1 saturated heterocycles. The van der Waals surface area contributed by atoms with Crippen molar-refractivity contribution in [3.8, 4) is 11.5 Å². The Morgan fingerprint density at radius 2 is 1.88 bits per heavy atom. The van der Waals surface area contributed by atoms with Crippen molar-refractivity contribution in [3.05, 3.63) is 36.4 Å². The normalized spacial score (nSPS) is 19.8. The Balaban J connectivity index is 0.00000144. The topological polar surface area (TPSA) is 33.7 Å². The molecule has 0 saturated carbocycles. The quantitative estimate of drug-likeness (QED) is 0.786. The van der Waals surface area contributed by atoms with Crippen LogP contribution in [0.4, 0.5) is 8.78 Å². The Bertz CT molecular complexity index is 555. The smallest absolute Gasteiger partial charge is 0.395 e. The molecule has 0 radical (unpaired) electrons. The predicted octanol–water partition coefficient (Wildman–Crippen LogP) is 3.76. The van der Waals surface area contributed by atoms with E-state index >= 15 is 0 Å². The molecule has 136 valence electrons. The number of nitrogens with zero attached hydrogens (tertiary/aromatic N) is 1. The first-order valence-corrected chi connectivity index (χ1v) is 7.54. The number of halogens is 4. The second kappa shape index (κ2) is 8.85. The van der Waals surface area contributed by atoms with Gasteiger partial charge in [-0.25, -0.2) is 0 Å². The molecule has 4 nitrogen and oxygen atoms in total. The molecule has 0 aliphatic carbocycles. The van der Waals surface area contributed by atoms with E-state index in [4.69, 9.17) is 0 Å². The maximum atomic E-state index is 13.2. The van der Waals surface area contributed by atoms with Gasteiger partial charge in [-0.05, 0) is 30.5 Å². The number of piperazine rings is 1. The molecular formula is C16H22Cl2F2N2O2. The Hall–Kier alpha value is -1.08. The Morgan fingerprint density at radius 1 is 1.21 bits per heavy atom. The molecule has 2 heterocycles. The van der Waals surface area contributed by atoms with Gasteiger partial charge in [0, 0.05) is 32.2 Å². The minimum atomic E-state index is -3.56. The number of rotatable bonds is 5. The fraction of sp³-hybridized carbons (Fsp3) is 0.500. The third-order valence-corrected chi connectivity index (χ3v) is 4.05. The lowest BCUT2D eigenvalue weighted by Crippen LogP contribution is -2.45. The summed E-state index contributed by atoms with van der Waals surface area (Å²) in [5.74, 6) is 0.206. The van der Waals surface area contributed by atoms with E-state index < -0.39 is 6.29 Å². The minimum absolute atomic E-state index is 0.